The van der Waals surface area contributed by atoms with Crippen LogP contribution in [0.1, 0.15) is 71.1 Å². The SMILES string of the molecule is C[C@]12CC[C@@H]3[C@@H](CCC4=CC(=O)CC[C@@H]43)[C@H]1CC[C@@]21CCC(=O)O1. The zero-order valence-electron chi connectivity index (χ0n) is 14.7. The first kappa shape index (κ1) is 15.2. The van der Waals surface area contributed by atoms with E-state index in [0.29, 0.717) is 24.0 Å². The lowest BCUT2D eigenvalue weighted by atomic mass is 9.50. The van der Waals surface area contributed by atoms with E-state index in [1.165, 1.54) is 31.3 Å². The largest absolute Gasteiger partial charge is 0.458 e. The third-order valence-corrected chi connectivity index (χ3v) is 8.63. The number of carbonyl (C=O) groups excluding carboxylic acids is 2. The number of rotatable bonds is 0. The van der Waals surface area contributed by atoms with E-state index in [9.17, 15) is 9.59 Å². The molecule has 0 unspecified atom stereocenters. The van der Waals surface area contributed by atoms with E-state index in [-0.39, 0.29) is 17.0 Å². The molecule has 0 N–H and O–H groups in total. The molecule has 3 nitrogen and oxygen atoms in total. The molecule has 0 aromatic rings. The number of carbonyl (C=O) groups is 2. The van der Waals surface area contributed by atoms with E-state index in [1.807, 2.05) is 6.08 Å². The van der Waals surface area contributed by atoms with Crippen molar-refractivity contribution >= 4 is 11.8 Å². The van der Waals surface area contributed by atoms with Gasteiger partial charge in [0, 0.05) is 18.3 Å². The van der Waals surface area contributed by atoms with Gasteiger partial charge in [-0.1, -0.05) is 12.5 Å². The fourth-order valence-corrected chi connectivity index (χ4v) is 7.48. The highest BCUT2D eigenvalue weighted by Gasteiger charge is 2.65. The van der Waals surface area contributed by atoms with Crippen molar-refractivity contribution in [3.05, 3.63) is 11.6 Å². The molecule has 0 amide bonds. The highest BCUT2D eigenvalue weighted by atomic mass is 16.6. The smallest absolute Gasteiger partial charge is 0.306 e. The molecule has 5 aliphatic rings. The van der Waals surface area contributed by atoms with Crippen molar-refractivity contribution in [2.75, 3.05) is 0 Å². The van der Waals surface area contributed by atoms with Crippen molar-refractivity contribution in [3.63, 3.8) is 0 Å². The quantitative estimate of drug-likeness (QED) is 0.626. The van der Waals surface area contributed by atoms with Gasteiger partial charge in [0.05, 0.1) is 0 Å². The summed E-state index contributed by atoms with van der Waals surface area (Å²) >= 11 is 0. The maximum absolute atomic E-state index is 11.9. The normalized spacial score (nSPS) is 50.1. The van der Waals surface area contributed by atoms with Gasteiger partial charge in [0.2, 0.25) is 0 Å². The summed E-state index contributed by atoms with van der Waals surface area (Å²) in [7, 11) is 0. The summed E-state index contributed by atoms with van der Waals surface area (Å²) in [5.74, 6) is 3.29. The molecule has 1 heterocycles. The third-order valence-electron chi connectivity index (χ3n) is 8.63. The van der Waals surface area contributed by atoms with Crippen molar-refractivity contribution in [2.24, 2.45) is 29.1 Å². The molecule has 6 atom stereocenters. The Labute approximate surface area is 144 Å². The van der Waals surface area contributed by atoms with Crippen molar-refractivity contribution < 1.29 is 14.3 Å². The van der Waals surface area contributed by atoms with Crippen LogP contribution in [0.5, 0.6) is 0 Å². The average molecular weight is 328 g/mol. The highest BCUT2D eigenvalue weighted by Crippen LogP contribution is 2.67. The van der Waals surface area contributed by atoms with Crippen LogP contribution in [0.4, 0.5) is 0 Å². The summed E-state index contributed by atoms with van der Waals surface area (Å²) in [4.78, 5) is 23.6. The standard InChI is InChI=1S/C21H28O3/c1-20-9-6-16-15-5-3-14(22)12-13(15)2-4-17(16)18(20)7-10-21(20)11-8-19(23)24-21/h12,15-18H,2-11H2,1H3/t15-,16-,17+,18+,20-,21+/m0/s1. The van der Waals surface area contributed by atoms with Gasteiger partial charge in [-0.15, -0.1) is 0 Å². The van der Waals surface area contributed by atoms with Gasteiger partial charge in [-0.25, -0.2) is 0 Å². The van der Waals surface area contributed by atoms with Crippen LogP contribution in [-0.4, -0.2) is 17.4 Å². The second-order valence-corrected chi connectivity index (χ2v) is 9.27. The molecule has 4 fully saturated rings. The number of ketones is 1. The maximum Gasteiger partial charge on any atom is 0.306 e. The molecule has 3 saturated carbocycles. The molecule has 130 valence electrons. The van der Waals surface area contributed by atoms with Crippen LogP contribution in [-0.2, 0) is 14.3 Å². The van der Waals surface area contributed by atoms with Crippen molar-refractivity contribution in [3.8, 4) is 0 Å². The zero-order valence-corrected chi connectivity index (χ0v) is 14.7. The molecule has 0 radical (unpaired) electrons. The van der Waals surface area contributed by atoms with Crippen LogP contribution in [0, 0.1) is 29.1 Å². The lowest BCUT2D eigenvalue weighted by molar-refractivity contribution is -0.166. The van der Waals surface area contributed by atoms with Gasteiger partial charge in [-0.3, -0.25) is 9.59 Å². The third kappa shape index (κ3) is 1.84. The Kier molecular flexibility index (Phi) is 3.13. The predicted molar refractivity (Wildman–Crippen MR) is 90.2 cm³/mol. The molecule has 0 bridgehead atoms. The van der Waals surface area contributed by atoms with E-state index >= 15 is 0 Å². The number of hydrogen-bond acceptors (Lipinski definition) is 3. The van der Waals surface area contributed by atoms with Crippen molar-refractivity contribution in [1.29, 1.82) is 0 Å². The van der Waals surface area contributed by atoms with Crippen LogP contribution >= 0.6 is 0 Å². The fraction of sp³-hybridized carbons (Fsp3) is 0.810. The minimum absolute atomic E-state index is 0.0265. The van der Waals surface area contributed by atoms with Gasteiger partial charge < -0.3 is 4.74 Å². The molecule has 0 aromatic heterocycles. The van der Waals surface area contributed by atoms with Crippen LogP contribution in [0.3, 0.4) is 0 Å². The Hall–Kier alpha value is -1.12. The highest BCUT2D eigenvalue weighted by molar-refractivity contribution is 5.91. The summed E-state index contributed by atoms with van der Waals surface area (Å²) in [6.07, 6.45) is 12.5. The lowest BCUT2D eigenvalue weighted by Gasteiger charge is -2.55. The van der Waals surface area contributed by atoms with E-state index in [2.05, 4.69) is 6.92 Å². The monoisotopic (exact) mass is 328 g/mol. The van der Waals surface area contributed by atoms with Gasteiger partial charge in [0.1, 0.15) is 5.60 Å². The van der Waals surface area contributed by atoms with Gasteiger partial charge >= 0.3 is 5.97 Å². The minimum Gasteiger partial charge on any atom is -0.458 e. The number of allylic oxidation sites excluding steroid dienone is 1. The summed E-state index contributed by atoms with van der Waals surface area (Å²) < 4.78 is 5.99. The molecule has 4 aliphatic carbocycles. The molecule has 0 aromatic carbocycles. The second kappa shape index (κ2) is 4.95. The maximum atomic E-state index is 11.9. The Bertz CT molecular complexity index is 635. The first-order valence-electron chi connectivity index (χ1n) is 9.98. The van der Waals surface area contributed by atoms with Gasteiger partial charge in [0.15, 0.2) is 5.78 Å². The number of hydrogen-bond donors (Lipinski definition) is 0. The first-order chi connectivity index (χ1) is 11.5. The van der Waals surface area contributed by atoms with Crippen LogP contribution in [0.2, 0.25) is 0 Å². The Morgan fingerprint density at radius 1 is 0.958 bits per heavy atom. The van der Waals surface area contributed by atoms with Gasteiger partial charge in [-0.2, -0.15) is 0 Å². The molecule has 1 saturated heterocycles. The summed E-state index contributed by atoms with van der Waals surface area (Å²) in [6.45, 7) is 2.43. The van der Waals surface area contributed by atoms with E-state index < -0.39 is 0 Å². The first-order valence-corrected chi connectivity index (χ1v) is 9.98. The average Bonchev–Trinajstić information content (AvgIpc) is 3.08. The van der Waals surface area contributed by atoms with E-state index in [0.717, 1.165) is 43.9 Å². The molecule has 24 heavy (non-hydrogen) atoms. The number of ether oxygens (including phenoxy) is 1. The molecular weight excluding hydrogens is 300 g/mol. The van der Waals surface area contributed by atoms with Crippen LogP contribution in [0.25, 0.3) is 0 Å². The Balaban J connectivity index is 1.45. The molecule has 1 aliphatic heterocycles. The topological polar surface area (TPSA) is 43.4 Å². The summed E-state index contributed by atoms with van der Waals surface area (Å²) in [5.41, 5.74) is 1.49. The number of esters is 1. The number of fused-ring (bicyclic) bond motifs is 6. The lowest BCUT2D eigenvalue weighted by Crippen LogP contribution is -2.52. The Morgan fingerprint density at radius 3 is 2.62 bits per heavy atom. The van der Waals surface area contributed by atoms with Gasteiger partial charge in [-0.05, 0) is 81.1 Å². The van der Waals surface area contributed by atoms with Crippen LogP contribution in [0.15, 0.2) is 11.6 Å². The summed E-state index contributed by atoms with van der Waals surface area (Å²) in [6, 6.07) is 0. The zero-order chi connectivity index (χ0) is 16.5. The Morgan fingerprint density at radius 2 is 1.83 bits per heavy atom. The van der Waals surface area contributed by atoms with Crippen molar-refractivity contribution in [2.45, 2.75) is 76.7 Å². The van der Waals surface area contributed by atoms with Gasteiger partial charge in [0.25, 0.3) is 0 Å². The summed E-state index contributed by atoms with van der Waals surface area (Å²) in [5, 5.41) is 0. The minimum atomic E-state index is -0.154. The second-order valence-electron chi connectivity index (χ2n) is 9.27. The molecular formula is C21H28O3. The van der Waals surface area contributed by atoms with Crippen LogP contribution < -0.4 is 0 Å². The molecule has 3 heteroatoms. The molecule has 5 rings (SSSR count). The van der Waals surface area contributed by atoms with Crippen molar-refractivity contribution in [1.82, 2.24) is 0 Å². The predicted octanol–water partition coefficient (Wildman–Crippen LogP) is 4.20. The van der Waals surface area contributed by atoms with E-state index in [4.69, 9.17) is 4.74 Å². The van der Waals surface area contributed by atoms with E-state index in [1.54, 1.807) is 0 Å². The molecule has 1 spiro atoms. The fourth-order valence-electron chi connectivity index (χ4n) is 7.48.